The van der Waals surface area contributed by atoms with Crippen molar-refractivity contribution in [2.24, 2.45) is 0 Å². The summed E-state index contributed by atoms with van der Waals surface area (Å²) in [5, 5.41) is 3.24. The number of aromatic nitrogens is 1. The highest BCUT2D eigenvalue weighted by molar-refractivity contribution is 7.09. The Bertz CT molecular complexity index is 529. The molecular formula is C17H26N2O2S. The molecule has 0 radical (unpaired) electrons. The summed E-state index contributed by atoms with van der Waals surface area (Å²) in [5.41, 5.74) is 1.19. The maximum atomic E-state index is 12.8. The van der Waals surface area contributed by atoms with Gasteiger partial charge in [-0.3, -0.25) is 4.79 Å². The fourth-order valence-electron chi connectivity index (χ4n) is 3.19. The number of likely N-dealkylation sites (tertiary alicyclic amines) is 1. The topological polar surface area (TPSA) is 42.4 Å². The molecule has 1 amide bonds. The van der Waals surface area contributed by atoms with Gasteiger partial charge >= 0.3 is 0 Å². The van der Waals surface area contributed by atoms with E-state index in [2.05, 4.69) is 26.2 Å². The second-order valence-corrected chi connectivity index (χ2v) is 8.26. The van der Waals surface area contributed by atoms with Crippen LogP contribution in [0.2, 0.25) is 0 Å². The van der Waals surface area contributed by atoms with Crippen molar-refractivity contribution < 1.29 is 9.53 Å². The molecule has 0 spiro atoms. The fraction of sp³-hybridized carbons (Fsp3) is 0.765. The van der Waals surface area contributed by atoms with E-state index in [9.17, 15) is 4.79 Å². The van der Waals surface area contributed by atoms with Crippen LogP contribution in [0.1, 0.15) is 69.6 Å². The van der Waals surface area contributed by atoms with Crippen LogP contribution in [-0.4, -0.2) is 35.0 Å². The number of thiazole rings is 1. The van der Waals surface area contributed by atoms with E-state index < -0.39 is 0 Å². The Labute approximate surface area is 136 Å². The third kappa shape index (κ3) is 3.20. The molecule has 1 aromatic heterocycles. The summed E-state index contributed by atoms with van der Waals surface area (Å²) in [6.07, 6.45) is 4.93. The predicted molar refractivity (Wildman–Crippen MR) is 88.1 cm³/mol. The van der Waals surface area contributed by atoms with Gasteiger partial charge < -0.3 is 9.64 Å². The Balaban J connectivity index is 1.80. The molecule has 0 aromatic carbocycles. The molecule has 5 heteroatoms. The van der Waals surface area contributed by atoms with Gasteiger partial charge in [-0.05, 0) is 32.1 Å². The normalized spacial score (nSPS) is 26.4. The van der Waals surface area contributed by atoms with Gasteiger partial charge in [0.25, 0.3) is 5.91 Å². The molecule has 2 saturated heterocycles. The summed E-state index contributed by atoms with van der Waals surface area (Å²) in [6, 6.07) is 0.145. The van der Waals surface area contributed by atoms with Crippen LogP contribution in [0.4, 0.5) is 0 Å². The Hall–Kier alpha value is -0.940. The highest BCUT2D eigenvalue weighted by Crippen LogP contribution is 2.36. The van der Waals surface area contributed by atoms with Crippen LogP contribution in [0.3, 0.4) is 0 Å². The Morgan fingerprint density at radius 1 is 1.32 bits per heavy atom. The summed E-state index contributed by atoms with van der Waals surface area (Å²) in [4.78, 5) is 19.6. The lowest BCUT2D eigenvalue weighted by atomic mass is 9.93. The maximum Gasteiger partial charge on any atom is 0.252 e. The summed E-state index contributed by atoms with van der Waals surface area (Å²) in [5.74, 6) is 0.176. The quantitative estimate of drug-likeness (QED) is 0.834. The number of amides is 1. The van der Waals surface area contributed by atoms with E-state index in [-0.39, 0.29) is 23.5 Å². The third-order valence-electron chi connectivity index (χ3n) is 4.57. The number of piperidine rings is 1. The first-order chi connectivity index (χ1) is 10.5. The summed E-state index contributed by atoms with van der Waals surface area (Å²) >= 11 is 1.70. The van der Waals surface area contributed by atoms with Crippen molar-refractivity contribution in [2.45, 2.75) is 70.4 Å². The Morgan fingerprint density at radius 3 is 2.77 bits per heavy atom. The van der Waals surface area contributed by atoms with Crippen LogP contribution in [0, 0.1) is 0 Å². The molecule has 1 aromatic rings. The zero-order chi connectivity index (χ0) is 15.7. The van der Waals surface area contributed by atoms with Crippen molar-refractivity contribution in [3.63, 3.8) is 0 Å². The number of carbonyl (C=O) groups excluding carboxylic acids is 1. The largest absolute Gasteiger partial charge is 0.368 e. The number of hydrogen-bond acceptors (Lipinski definition) is 4. The number of carbonyl (C=O) groups is 1. The number of nitrogens with zero attached hydrogens (tertiary/aromatic N) is 2. The monoisotopic (exact) mass is 322 g/mol. The summed E-state index contributed by atoms with van der Waals surface area (Å²) in [6.45, 7) is 8.11. The zero-order valence-electron chi connectivity index (χ0n) is 13.8. The van der Waals surface area contributed by atoms with E-state index in [0.29, 0.717) is 0 Å². The highest BCUT2D eigenvalue weighted by atomic mass is 32.1. The average Bonchev–Trinajstić information content (AvgIpc) is 3.17. The van der Waals surface area contributed by atoms with Crippen molar-refractivity contribution in [3.05, 3.63) is 16.1 Å². The number of hydrogen-bond donors (Lipinski definition) is 0. The molecule has 3 rings (SSSR count). The Kier molecular flexibility index (Phi) is 4.55. The van der Waals surface area contributed by atoms with Gasteiger partial charge in [0.05, 0.1) is 11.7 Å². The van der Waals surface area contributed by atoms with Gasteiger partial charge in [0.15, 0.2) is 0 Å². The molecule has 4 nitrogen and oxygen atoms in total. The van der Waals surface area contributed by atoms with Crippen molar-refractivity contribution >= 4 is 17.2 Å². The molecule has 0 unspecified atom stereocenters. The molecule has 22 heavy (non-hydrogen) atoms. The van der Waals surface area contributed by atoms with Crippen LogP contribution in [0.25, 0.3) is 0 Å². The van der Waals surface area contributed by atoms with Crippen LogP contribution < -0.4 is 0 Å². The second-order valence-electron chi connectivity index (χ2n) is 7.37. The standard InChI is InChI=1S/C17H26N2O2S/c1-17(2,3)14-11-22-15(18-14)12-7-4-5-9-19(12)16(20)13-8-6-10-21-13/h11-13H,4-10H2,1-3H3/t12-,13-/m0/s1. The molecule has 2 aliphatic rings. The van der Waals surface area contributed by atoms with Gasteiger partial charge in [-0.2, -0.15) is 0 Å². The minimum absolute atomic E-state index is 0.0623. The predicted octanol–water partition coefficient (Wildman–Crippen LogP) is 3.67. The molecule has 2 aliphatic heterocycles. The van der Waals surface area contributed by atoms with Crippen LogP contribution >= 0.6 is 11.3 Å². The van der Waals surface area contributed by atoms with Crippen molar-refractivity contribution in [3.8, 4) is 0 Å². The van der Waals surface area contributed by atoms with E-state index >= 15 is 0 Å². The summed E-state index contributed by atoms with van der Waals surface area (Å²) in [7, 11) is 0. The van der Waals surface area contributed by atoms with E-state index in [1.54, 1.807) is 11.3 Å². The smallest absolute Gasteiger partial charge is 0.252 e. The molecule has 122 valence electrons. The van der Waals surface area contributed by atoms with Gasteiger partial charge in [0, 0.05) is 23.9 Å². The van der Waals surface area contributed by atoms with Crippen molar-refractivity contribution in [2.75, 3.05) is 13.2 Å². The highest BCUT2D eigenvalue weighted by Gasteiger charge is 2.36. The van der Waals surface area contributed by atoms with Crippen molar-refractivity contribution in [1.82, 2.24) is 9.88 Å². The minimum atomic E-state index is -0.220. The first kappa shape index (κ1) is 15.9. The number of ether oxygens (including phenoxy) is 1. The molecule has 2 atom stereocenters. The lowest BCUT2D eigenvalue weighted by Gasteiger charge is -2.36. The van der Waals surface area contributed by atoms with Gasteiger partial charge in [-0.1, -0.05) is 20.8 Å². The van der Waals surface area contributed by atoms with Crippen LogP contribution in [0.15, 0.2) is 5.38 Å². The molecule has 0 bridgehead atoms. The lowest BCUT2D eigenvalue weighted by Crippen LogP contribution is -2.43. The molecule has 0 saturated carbocycles. The molecule has 2 fully saturated rings. The van der Waals surface area contributed by atoms with E-state index in [0.717, 1.165) is 49.5 Å². The van der Waals surface area contributed by atoms with E-state index in [4.69, 9.17) is 9.72 Å². The fourth-order valence-corrected chi connectivity index (χ4v) is 4.39. The summed E-state index contributed by atoms with van der Waals surface area (Å²) < 4.78 is 5.60. The minimum Gasteiger partial charge on any atom is -0.368 e. The first-order valence-corrected chi connectivity index (χ1v) is 9.23. The molecular weight excluding hydrogens is 296 g/mol. The second kappa shape index (κ2) is 6.28. The van der Waals surface area contributed by atoms with Gasteiger partial charge in [0.1, 0.15) is 11.1 Å². The molecule has 0 aliphatic carbocycles. The van der Waals surface area contributed by atoms with E-state index in [1.807, 2.05) is 4.90 Å². The van der Waals surface area contributed by atoms with Gasteiger partial charge in [0.2, 0.25) is 0 Å². The van der Waals surface area contributed by atoms with Crippen LogP contribution in [-0.2, 0) is 14.9 Å². The molecule has 0 N–H and O–H groups in total. The zero-order valence-corrected chi connectivity index (χ0v) is 14.6. The number of rotatable bonds is 2. The van der Waals surface area contributed by atoms with Crippen LogP contribution in [0.5, 0.6) is 0 Å². The maximum absolute atomic E-state index is 12.8. The van der Waals surface area contributed by atoms with Gasteiger partial charge in [-0.25, -0.2) is 4.98 Å². The average molecular weight is 322 g/mol. The third-order valence-corrected chi connectivity index (χ3v) is 5.51. The SMILES string of the molecule is CC(C)(C)c1csc([C@@H]2CCCCN2C(=O)[C@@H]2CCCO2)n1. The van der Waals surface area contributed by atoms with Crippen molar-refractivity contribution in [1.29, 1.82) is 0 Å². The first-order valence-electron chi connectivity index (χ1n) is 8.35. The Morgan fingerprint density at radius 2 is 2.14 bits per heavy atom. The van der Waals surface area contributed by atoms with Gasteiger partial charge in [-0.15, -0.1) is 11.3 Å². The molecule has 3 heterocycles. The van der Waals surface area contributed by atoms with E-state index in [1.165, 1.54) is 6.42 Å². The lowest BCUT2D eigenvalue weighted by molar-refractivity contribution is -0.145.